The number of nitrogens with zero attached hydrogens (tertiary/aromatic N) is 2. The lowest BCUT2D eigenvalue weighted by Crippen LogP contribution is -2.20. The Bertz CT molecular complexity index is 1450. The molecule has 10 heteroatoms. The van der Waals surface area contributed by atoms with Gasteiger partial charge in [-0.05, 0) is 61.3 Å². The summed E-state index contributed by atoms with van der Waals surface area (Å²) in [5, 5.41) is 6.06. The van der Waals surface area contributed by atoms with E-state index in [1.165, 1.54) is 19.2 Å². The first-order chi connectivity index (χ1) is 16.4. The normalized spacial score (nSPS) is 11.4. The molecule has 0 spiro atoms. The molecule has 0 unspecified atom stereocenters. The van der Waals surface area contributed by atoms with Gasteiger partial charge in [-0.2, -0.15) is 0 Å². The number of nitrogens with one attached hydrogen (secondary N) is 3. The van der Waals surface area contributed by atoms with E-state index in [1.807, 2.05) is 42.7 Å². The van der Waals surface area contributed by atoms with Crippen molar-refractivity contribution in [3.05, 3.63) is 84.2 Å². The number of carbonyl (C=O) groups excluding carboxylic acids is 1. The second-order valence-electron chi connectivity index (χ2n) is 7.33. The van der Waals surface area contributed by atoms with Gasteiger partial charge in [0.15, 0.2) is 0 Å². The molecule has 0 aliphatic heterocycles. The van der Waals surface area contributed by atoms with Gasteiger partial charge in [0.1, 0.15) is 0 Å². The number of para-hydroxylation sites is 1. The Balaban J connectivity index is 1.64. The molecule has 1 heterocycles. The molecule has 3 N–H and O–H groups in total. The number of fused-ring (bicyclic) bond motifs is 1. The number of benzene rings is 3. The summed E-state index contributed by atoms with van der Waals surface area (Å²) in [5.74, 6) is -0.412. The Kier molecular flexibility index (Phi) is 7.11. The van der Waals surface area contributed by atoms with Crippen LogP contribution in [0, 0.1) is 0 Å². The van der Waals surface area contributed by atoms with Crippen LogP contribution in [0.3, 0.4) is 0 Å². The Morgan fingerprint density at radius 2 is 1.76 bits per heavy atom. The summed E-state index contributed by atoms with van der Waals surface area (Å²) < 4.78 is 27.4. The highest BCUT2D eigenvalue weighted by Gasteiger charge is 2.17. The van der Waals surface area contributed by atoms with Crippen molar-refractivity contribution in [1.82, 2.24) is 14.7 Å². The predicted molar refractivity (Wildman–Crippen MR) is 136 cm³/mol. The molecule has 0 fully saturated rings. The molecule has 0 aliphatic rings. The summed E-state index contributed by atoms with van der Waals surface area (Å²) >= 11 is 1.56. The highest BCUT2D eigenvalue weighted by atomic mass is 32.2. The number of anilines is 2. The average molecular weight is 494 g/mol. The van der Waals surface area contributed by atoms with Crippen molar-refractivity contribution in [2.45, 2.75) is 16.3 Å². The highest BCUT2D eigenvalue weighted by Crippen LogP contribution is 2.23. The van der Waals surface area contributed by atoms with Gasteiger partial charge in [0.25, 0.3) is 5.91 Å². The summed E-state index contributed by atoms with van der Waals surface area (Å²) in [6, 6.07) is 17.6. The number of amides is 1. The Labute approximate surface area is 202 Å². The molecule has 8 nitrogen and oxygen atoms in total. The molecule has 0 radical (unpaired) electrons. The van der Waals surface area contributed by atoms with Crippen LogP contribution in [0.15, 0.2) is 82.8 Å². The number of hydrogen-bond donors (Lipinski definition) is 3. The molecular weight excluding hydrogens is 470 g/mol. The van der Waals surface area contributed by atoms with E-state index in [0.29, 0.717) is 17.9 Å². The van der Waals surface area contributed by atoms with Crippen LogP contribution < -0.4 is 15.4 Å². The molecular formula is C24H23N5O3S2. The van der Waals surface area contributed by atoms with Gasteiger partial charge in [0.05, 0.1) is 15.9 Å². The predicted octanol–water partition coefficient (Wildman–Crippen LogP) is 4.12. The number of hydrogen-bond acceptors (Lipinski definition) is 7. The van der Waals surface area contributed by atoms with Crippen molar-refractivity contribution in [3.63, 3.8) is 0 Å². The first-order valence-corrected chi connectivity index (χ1v) is 13.1. The highest BCUT2D eigenvalue weighted by molar-refractivity contribution is 7.98. The summed E-state index contributed by atoms with van der Waals surface area (Å²) in [4.78, 5) is 22.7. The van der Waals surface area contributed by atoms with Gasteiger partial charge < -0.3 is 10.6 Å². The maximum absolute atomic E-state index is 13.0. The maximum atomic E-state index is 13.0. The monoisotopic (exact) mass is 493 g/mol. The minimum absolute atomic E-state index is 0.0132. The van der Waals surface area contributed by atoms with E-state index < -0.39 is 15.9 Å². The van der Waals surface area contributed by atoms with Crippen molar-refractivity contribution in [1.29, 1.82) is 0 Å². The number of aromatic nitrogens is 2. The number of thioether (sulfide) groups is 1. The van der Waals surface area contributed by atoms with Gasteiger partial charge >= 0.3 is 0 Å². The first-order valence-electron chi connectivity index (χ1n) is 10.4. The van der Waals surface area contributed by atoms with Crippen molar-refractivity contribution in [2.75, 3.05) is 23.9 Å². The van der Waals surface area contributed by atoms with Gasteiger partial charge in [-0.15, -0.1) is 11.8 Å². The smallest absolute Gasteiger partial charge is 0.255 e. The zero-order valence-electron chi connectivity index (χ0n) is 18.6. The minimum Gasteiger partial charge on any atom is -0.381 e. The Hall–Kier alpha value is -3.47. The summed E-state index contributed by atoms with van der Waals surface area (Å²) in [7, 11) is -2.44. The zero-order valence-corrected chi connectivity index (χ0v) is 20.2. The summed E-state index contributed by atoms with van der Waals surface area (Å²) in [6.07, 6.45) is 5.21. The lowest BCUT2D eigenvalue weighted by molar-refractivity contribution is 0.102. The van der Waals surface area contributed by atoms with Gasteiger partial charge in [-0.25, -0.2) is 13.1 Å². The SMILES string of the molecule is CNS(=O)(=O)c1cc(NCc2cccc3nccnc23)cc(C(=O)Nc2cccc(SC)c2)c1. The lowest BCUT2D eigenvalue weighted by Gasteiger charge is -2.13. The quantitative estimate of drug-likeness (QED) is 0.316. The molecule has 0 saturated heterocycles. The number of rotatable bonds is 8. The van der Waals surface area contributed by atoms with Gasteiger partial charge in [-0.1, -0.05) is 18.2 Å². The second kappa shape index (κ2) is 10.2. The standard InChI is InChI=1S/C24H23N5O3S2/c1-25-34(31,32)21-12-17(24(30)29-18-6-4-7-20(13-18)33-2)11-19(14-21)28-15-16-5-3-8-22-23(16)27-10-9-26-22/h3-14,25,28H,15H2,1-2H3,(H,29,30). The third-order valence-corrected chi connectivity index (χ3v) is 7.26. The van der Waals surface area contributed by atoms with Crippen LogP contribution in [-0.2, 0) is 16.6 Å². The van der Waals surface area contributed by atoms with E-state index in [-0.39, 0.29) is 10.5 Å². The van der Waals surface area contributed by atoms with Crippen LogP contribution in [0.4, 0.5) is 11.4 Å². The van der Waals surface area contributed by atoms with Gasteiger partial charge in [-0.3, -0.25) is 14.8 Å². The van der Waals surface area contributed by atoms with E-state index in [2.05, 4.69) is 25.3 Å². The fourth-order valence-electron chi connectivity index (χ4n) is 3.40. The minimum atomic E-state index is -3.77. The van der Waals surface area contributed by atoms with Gasteiger partial charge in [0, 0.05) is 40.8 Å². The number of sulfonamides is 1. The summed E-state index contributed by atoms with van der Waals surface area (Å²) in [5.41, 5.74) is 3.74. The van der Waals surface area contributed by atoms with E-state index in [4.69, 9.17) is 0 Å². The van der Waals surface area contributed by atoms with Crippen LogP contribution >= 0.6 is 11.8 Å². The molecule has 0 atom stereocenters. The maximum Gasteiger partial charge on any atom is 0.255 e. The largest absolute Gasteiger partial charge is 0.381 e. The van der Waals surface area contributed by atoms with Crippen LogP contribution in [0.5, 0.6) is 0 Å². The molecule has 3 aromatic carbocycles. The Morgan fingerprint density at radius 1 is 0.971 bits per heavy atom. The van der Waals surface area contributed by atoms with Crippen molar-refractivity contribution in [2.24, 2.45) is 0 Å². The van der Waals surface area contributed by atoms with E-state index >= 15 is 0 Å². The van der Waals surface area contributed by atoms with E-state index in [9.17, 15) is 13.2 Å². The molecule has 1 amide bonds. The second-order valence-corrected chi connectivity index (χ2v) is 10.1. The molecule has 174 valence electrons. The van der Waals surface area contributed by atoms with Crippen LogP contribution in [0.2, 0.25) is 0 Å². The van der Waals surface area contributed by atoms with E-state index in [0.717, 1.165) is 21.5 Å². The fraction of sp³-hybridized carbons (Fsp3) is 0.125. The molecule has 1 aromatic heterocycles. The lowest BCUT2D eigenvalue weighted by atomic mass is 10.1. The molecule has 0 aliphatic carbocycles. The summed E-state index contributed by atoms with van der Waals surface area (Å²) in [6.45, 7) is 0.371. The zero-order chi connectivity index (χ0) is 24.1. The molecule has 0 bridgehead atoms. The van der Waals surface area contributed by atoms with Crippen LogP contribution in [0.1, 0.15) is 15.9 Å². The fourth-order valence-corrected chi connectivity index (χ4v) is 4.66. The Morgan fingerprint density at radius 3 is 2.56 bits per heavy atom. The van der Waals surface area contributed by atoms with Crippen LogP contribution in [-0.4, -0.2) is 37.6 Å². The number of carbonyl (C=O) groups is 1. The molecule has 34 heavy (non-hydrogen) atoms. The topological polar surface area (TPSA) is 113 Å². The molecule has 4 aromatic rings. The molecule has 4 rings (SSSR count). The van der Waals surface area contributed by atoms with Crippen LogP contribution in [0.25, 0.3) is 11.0 Å². The third kappa shape index (κ3) is 5.36. The molecule has 0 saturated carbocycles. The van der Waals surface area contributed by atoms with Crippen molar-refractivity contribution < 1.29 is 13.2 Å². The van der Waals surface area contributed by atoms with Crippen molar-refractivity contribution >= 4 is 50.1 Å². The van der Waals surface area contributed by atoms with E-state index in [1.54, 1.807) is 36.3 Å². The van der Waals surface area contributed by atoms with Crippen molar-refractivity contribution in [3.8, 4) is 0 Å². The average Bonchev–Trinajstić information content (AvgIpc) is 2.87. The first kappa shape index (κ1) is 23.7. The third-order valence-electron chi connectivity index (χ3n) is 5.14. The van der Waals surface area contributed by atoms with Gasteiger partial charge in [0.2, 0.25) is 10.0 Å².